The molecule has 0 saturated carbocycles. The average molecular weight is 377 g/mol. The Morgan fingerprint density at radius 1 is 1.09 bits per heavy atom. The summed E-state index contributed by atoms with van der Waals surface area (Å²) in [6, 6.07) is 10.8. The quantitative estimate of drug-likeness (QED) is 0.523. The smallest absolute Gasteiger partial charge is 0.343 e. The molecule has 122 valence electrons. The summed E-state index contributed by atoms with van der Waals surface area (Å²) in [6.07, 6.45) is 0. The second-order valence-corrected chi connectivity index (χ2v) is 6.84. The van der Waals surface area contributed by atoms with Crippen molar-refractivity contribution in [3.8, 4) is 11.5 Å². The minimum absolute atomic E-state index is 0.385. The lowest BCUT2D eigenvalue weighted by atomic mass is 10.1. The van der Waals surface area contributed by atoms with E-state index in [4.69, 9.17) is 9.47 Å². The number of halogens is 1. The van der Waals surface area contributed by atoms with Gasteiger partial charge in [-0.1, -0.05) is 19.9 Å². The third-order valence-electron chi connectivity index (χ3n) is 3.43. The molecular weight excluding hydrogens is 356 g/mol. The minimum atomic E-state index is -0.385. The molecule has 0 unspecified atom stereocenters. The molecule has 0 heterocycles. The van der Waals surface area contributed by atoms with E-state index in [0.29, 0.717) is 23.8 Å². The van der Waals surface area contributed by atoms with Gasteiger partial charge in [0, 0.05) is 0 Å². The Labute approximate surface area is 145 Å². The van der Waals surface area contributed by atoms with Crippen molar-refractivity contribution in [3.05, 3.63) is 57.6 Å². The van der Waals surface area contributed by atoms with Gasteiger partial charge in [-0.3, -0.25) is 0 Å². The van der Waals surface area contributed by atoms with Gasteiger partial charge in [0.1, 0.15) is 11.5 Å². The number of esters is 1. The van der Waals surface area contributed by atoms with Gasteiger partial charge < -0.3 is 9.47 Å². The highest BCUT2D eigenvalue weighted by Gasteiger charge is 2.12. The molecule has 0 radical (unpaired) electrons. The van der Waals surface area contributed by atoms with Gasteiger partial charge >= 0.3 is 5.97 Å². The number of carbonyl (C=O) groups is 1. The Kier molecular flexibility index (Phi) is 5.83. The van der Waals surface area contributed by atoms with E-state index in [1.807, 2.05) is 26.0 Å². The van der Waals surface area contributed by atoms with Crippen molar-refractivity contribution in [2.75, 3.05) is 6.61 Å². The molecule has 3 nitrogen and oxygen atoms in total. The molecule has 0 N–H and O–H groups in total. The van der Waals surface area contributed by atoms with E-state index in [1.165, 1.54) is 5.56 Å². The van der Waals surface area contributed by atoms with Gasteiger partial charge in [0.15, 0.2) is 0 Å². The van der Waals surface area contributed by atoms with Crippen LogP contribution in [-0.4, -0.2) is 12.6 Å². The fourth-order valence-electron chi connectivity index (χ4n) is 1.94. The Morgan fingerprint density at radius 3 is 2.43 bits per heavy atom. The predicted octanol–water partition coefficient (Wildman–Crippen LogP) is 5.32. The van der Waals surface area contributed by atoms with Crippen molar-refractivity contribution in [2.45, 2.75) is 27.7 Å². The van der Waals surface area contributed by atoms with Crippen LogP contribution in [0.2, 0.25) is 0 Å². The van der Waals surface area contributed by atoms with E-state index in [0.717, 1.165) is 15.8 Å². The maximum Gasteiger partial charge on any atom is 0.343 e. The summed E-state index contributed by atoms with van der Waals surface area (Å²) >= 11 is 3.44. The van der Waals surface area contributed by atoms with Gasteiger partial charge in [-0.2, -0.15) is 0 Å². The number of carbonyl (C=O) groups excluding carboxylic acids is 1. The van der Waals surface area contributed by atoms with Crippen LogP contribution < -0.4 is 9.47 Å². The van der Waals surface area contributed by atoms with Gasteiger partial charge in [0.2, 0.25) is 0 Å². The van der Waals surface area contributed by atoms with Crippen LogP contribution in [0.5, 0.6) is 11.5 Å². The van der Waals surface area contributed by atoms with Gasteiger partial charge in [0.25, 0.3) is 0 Å². The number of aryl methyl sites for hydroxylation is 2. The van der Waals surface area contributed by atoms with E-state index in [-0.39, 0.29) is 5.97 Å². The zero-order valence-electron chi connectivity index (χ0n) is 13.9. The molecule has 0 aliphatic carbocycles. The molecule has 0 aromatic heterocycles. The van der Waals surface area contributed by atoms with Crippen molar-refractivity contribution >= 4 is 21.9 Å². The summed E-state index contributed by atoms with van der Waals surface area (Å²) in [4.78, 5) is 12.3. The third kappa shape index (κ3) is 4.83. The molecule has 0 bridgehead atoms. The van der Waals surface area contributed by atoms with Crippen LogP contribution in [0.25, 0.3) is 0 Å². The highest BCUT2D eigenvalue weighted by atomic mass is 79.9. The molecule has 0 aliphatic heterocycles. The maximum absolute atomic E-state index is 12.3. The first-order chi connectivity index (χ1) is 10.9. The number of hydrogen-bond donors (Lipinski definition) is 0. The summed E-state index contributed by atoms with van der Waals surface area (Å²) in [5.41, 5.74) is 2.74. The molecule has 2 aromatic carbocycles. The molecular formula is C19H21BrO3. The molecule has 0 atom stereocenters. The van der Waals surface area contributed by atoms with E-state index >= 15 is 0 Å². The molecule has 4 heteroatoms. The van der Waals surface area contributed by atoms with Gasteiger partial charge in [-0.25, -0.2) is 4.79 Å². The molecule has 0 amide bonds. The molecule has 23 heavy (non-hydrogen) atoms. The maximum atomic E-state index is 12.3. The molecule has 2 rings (SSSR count). The Morgan fingerprint density at radius 2 is 1.83 bits per heavy atom. The molecule has 0 saturated heterocycles. The summed E-state index contributed by atoms with van der Waals surface area (Å²) in [6.45, 7) is 8.81. The van der Waals surface area contributed by atoms with Crippen LogP contribution >= 0.6 is 15.9 Å². The van der Waals surface area contributed by atoms with E-state index < -0.39 is 0 Å². The van der Waals surface area contributed by atoms with E-state index in [9.17, 15) is 4.79 Å². The summed E-state index contributed by atoms with van der Waals surface area (Å²) in [7, 11) is 0. The van der Waals surface area contributed by atoms with Crippen molar-refractivity contribution in [2.24, 2.45) is 5.92 Å². The SMILES string of the molecule is Cc1ccc(OC(=O)c2ccc(OCC(C)C)c(Br)c2)cc1C. The summed E-state index contributed by atoms with van der Waals surface area (Å²) < 4.78 is 11.9. The highest BCUT2D eigenvalue weighted by molar-refractivity contribution is 9.10. The number of hydrogen-bond acceptors (Lipinski definition) is 3. The van der Waals surface area contributed by atoms with Gasteiger partial charge in [-0.15, -0.1) is 0 Å². The van der Waals surface area contributed by atoms with Crippen molar-refractivity contribution in [3.63, 3.8) is 0 Å². The summed E-state index contributed by atoms with van der Waals surface area (Å²) in [5.74, 6) is 1.33. The van der Waals surface area contributed by atoms with Crippen molar-refractivity contribution in [1.29, 1.82) is 0 Å². The lowest BCUT2D eigenvalue weighted by Crippen LogP contribution is -2.09. The Bertz CT molecular complexity index is 708. The van der Waals surface area contributed by atoms with Crippen LogP contribution in [0.1, 0.15) is 35.3 Å². The van der Waals surface area contributed by atoms with Crippen molar-refractivity contribution in [1.82, 2.24) is 0 Å². The first-order valence-electron chi connectivity index (χ1n) is 7.58. The Hall–Kier alpha value is -1.81. The first-order valence-corrected chi connectivity index (χ1v) is 8.38. The van der Waals surface area contributed by atoms with Crippen LogP contribution in [0.4, 0.5) is 0 Å². The predicted molar refractivity (Wildman–Crippen MR) is 95.3 cm³/mol. The fraction of sp³-hybridized carbons (Fsp3) is 0.316. The first kappa shape index (κ1) is 17.5. The Balaban J connectivity index is 2.10. The second-order valence-electron chi connectivity index (χ2n) is 5.99. The van der Waals surface area contributed by atoms with Gasteiger partial charge in [-0.05, 0) is 77.2 Å². The van der Waals surface area contributed by atoms with Crippen LogP contribution in [-0.2, 0) is 0 Å². The number of rotatable bonds is 5. The zero-order chi connectivity index (χ0) is 17.0. The molecule has 0 fully saturated rings. The number of ether oxygens (including phenoxy) is 2. The fourth-order valence-corrected chi connectivity index (χ4v) is 2.44. The monoisotopic (exact) mass is 376 g/mol. The lowest BCUT2D eigenvalue weighted by molar-refractivity contribution is 0.0734. The molecule has 0 aliphatic rings. The third-order valence-corrected chi connectivity index (χ3v) is 4.05. The van der Waals surface area contributed by atoms with Crippen molar-refractivity contribution < 1.29 is 14.3 Å². The topological polar surface area (TPSA) is 35.5 Å². The summed E-state index contributed by atoms with van der Waals surface area (Å²) in [5, 5.41) is 0. The molecule has 0 spiro atoms. The van der Waals surface area contributed by atoms with Crippen LogP contribution in [0.15, 0.2) is 40.9 Å². The van der Waals surface area contributed by atoms with E-state index in [1.54, 1.807) is 24.3 Å². The lowest BCUT2D eigenvalue weighted by Gasteiger charge is -2.11. The zero-order valence-corrected chi connectivity index (χ0v) is 15.4. The van der Waals surface area contributed by atoms with E-state index in [2.05, 4.69) is 29.8 Å². The minimum Gasteiger partial charge on any atom is -0.492 e. The normalized spacial score (nSPS) is 10.7. The standard InChI is InChI=1S/C19H21BrO3/c1-12(2)11-22-18-8-6-15(10-17(18)20)19(21)23-16-7-5-13(3)14(4)9-16/h5-10,12H,11H2,1-4H3. The van der Waals surface area contributed by atoms with Crippen LogP contribution in [0, 0.1) is 19.8 Å². The van der Waals surface area contributed by atoms with Gasteiger partial charge in [0.05, 0.1) is 16.6 Å². The largest absolute Gasteiger partial charge is 0.492 e. The van der Waals surface area contributed by atoms with Crippen LogP contribution in [0.3, 0.4) is 0 Å². The average Bonchev–Trinajstić information content (AvgIpc) is 2.49. The second kappa shape index (κ2) is 7.64. The highest BCUT2D eigenvalue weighted by Crippen LogP contribution is 2.27. The number of benzene rings is 2. The molecule has 2 aromatic rings.